The standard InChI is InChI=1S/C11H8Cl2IN3/c1-5-3-7(4-6(2)15-5)11-16-9(12)8(14)10(13)17-11/h3-4H,1-2H3. The SMILES string of the molecule is Cc1cc(-c2nc(Cl)c(I)c(Cl)n2)cc(C)n1. The molecule has 3 nitrogen and oxygen atoms in total. The lowest BCUT2D eigenvalue weighted by molar-refractivity contribution is 1.10. The van der Waals surface area contributed by atoms with E-state index in [1.807, 2.05) is 48.6 Å². The molecule has 0 unspecified atom stereocenters. The van der Waals surface area contributed by atoms with Crippen LogP contribution < -0.4 is 0 Å². The summed E-state index contributed by atoms with van der Waals surface area (Å²) in [5, 5.41) is 0.737. The van der Waals surface area contributed by atoms with Crippen molar-refractivity contribution in [2.75, 3.05) is 0 Å². The summed E-state index contributed by atoms with van der Waals surface area (Å²) in [5.74, 6) is 0.522. The molecule has 17 heavy (non-hydrogen) atoms. The summed E-state index contributed by atoms with van der Waals surface area (Å²) >= 11 is 14.0. The molecule has 6 heteroatoms. The van der Waals surface area contributed by atoms with Crippen LogP contribution in [0.25, 0.3) is 11.4 Å². The maximum absolute atomic E-state index is 5.99. The number of halogens is 3. The third kappa shape index (κ3) is 2.86. The molecule has 0 aliphatic rings. The first-order valence-corrected chi connectivity index (χ1v) is 6.65. The lowest BCUT2D eigenvalue weighted by Crippen LogP contribution is -1.96. The number of aryl methyl sites for hydroxylation is 2. The molecule has 0 bridgehead atoms. The van der Waals surface area contributed by atoms with Crippen LogP contribution in [-0.4, -0.2) is 15.0 Å². The second kappa shape index (κ2) is 5.04. The van der Waals surface area contributed by atoms with E-state index >= 15 is 0 Å². The Balaban J connectivity index is 2.60. The Labute approximate surface area is 123 Å². The minimum absolute atomic E-state index is 0.368. The molecule has 0 saturated heterocycles. The summed E-state index contributed by atoms with van der Waals surface area (Å²) in [7, 11) is 0. The Morgan fingerprint density at radius 1 is 0.941 bits per heavy atom. The number of hydrogen-bond acceptors (Lipinski definition) is 3. The second-order valence-electron chi connectivity index (χ2n) is 3.58. The van der Waals surface area contributed by atoms with E-state index < -0.39 is 0 Å². The number of pyridine rings is 1. The van der Waals surface area contributed by atoms with Crippen molar-refractivity contribution in [1.82, 2.24) is 15.0 Å². The predicted molar refractivity (Wildman–Crippen MR) is 77.5 cm³/mol. The molecule has 0 atom stereocenters. The second-order valence-corrected chi connectivity index (χ2v) is 5.38. The normalized spacial score (nSPS) is 10.6. The van der Waals surface area contributed by atoms with Crippen molar-refractivity contribution in [3.63, 3.8) is 0 Å². The van der Waals surface area contributed by atoms with Crippen LogP contribution in [0.15, 0.2) is 12.1 Å². The zero-order valence-corrected chi connectivity index (χ0v) is 12.8. The van der Waals surface area contributed by atoms with Gasteiger partial charge >= 0.3 is 0 Å². The first-order valence-electron chi connectivity index (χ1n) is 4.81. The van der Waals surface area contributed by atoms with Crippen LogP contribution >= 0.6 is 45.8 Å². The topological polar surface area (TPSA) is 38.7 Å². The number of aromatic nitrogens is 3. The lowest BCUT2D eigenvalue weighted by atomic mass is 10.2. The van der Waals surface area contributed by atoms with Crippen molar-refractivity contribution in [1.29, 1.82) is 0 Å². The molecule has 2 rings (SSSR count). The monoisotopic (exact) mass is 379 g/mol. The van der Waals surface area contributed by atoms with Crippen molar-refractivity contribution >= 4 is 45.8 Å². The van der Waals surface area contributed by atoms with E-state index in [9.17, 15) is 0 Å². The van der Waals surface area contributed by atoms with Crippen molar-refractivity contribution in [3.8, 4) is 11.4 Å². The van der Waals surface area contributed by atoms with Gasteiger partial charge in [-0.15, -0.1) is 0 Å². The predicted octanol–water partition coefficient (Wildman–Crippen LogP) is 4.07. The largest absolute Gasteiger partial charge is 0.258 e. The van der Waals surface area contributed by atoms with Gasteiger partial charge in [0.15, 0.2) is 5.82 Å². The van der Waals surface area contributed by atoms with Crippen molar-refractivity contribution in [2.24, 2.45) is 0 Å². The van der Waals surface area contributed by atoms with Crippen LogP contribution in [0.5, 0.6) is 0 Å². The molecular formula is C11H8Cl2IN3. The fourth-order valence-electron chi connectivity index (χ4n) is 1.49. The van der Waals surface area contributed by atoms with E-state index in [0.29, 0.717) is 19.7 Å². The van der Waals surface area contributed by atoms with Crippen LogP contribution in [0.2, 0.25) is 10.3 Å². The van der Waals surface area contributed by atoms with Gasteiger partial charge in [0.25, 0.3) is 0 Å². The molecule has 0 radical (unpaired) electrons. The molecule has 88 valence electrons. The highest BCUT2D eigenvalue weighted by Gasteiger charge is 2.11. The minimum atomic E-state index is 0.368. The Kier molecular flexibility index (Phi) is 3.85. The van der Waals surface area contributed by atoms with Crippen molar-refractivity contribution < 1.29 is 0 Å². The fourth-order valence-corrected chi connectivity index (χ4v) is 2.12. The maximum atomic E-state index is 5.99. The molecule has 2 heterocycles. The fraction of sp³-hybridized carbons (Fsp3) is 0.182. The molecule has 0 aliphatic carbocycles. The number of hydrogen-bond donors (Lipinski definition) is 0. The molecule has 0 saturated carbocycles. The Morgan fingerprint density at radius 2 is 1.41 bits per heavy atom. The summed E-state index contributed by atoms with van der Waals surface area (Å²) < 4.78 is 0.664. The zero-order valence-electron chi connectivity index (χ0n) is 9.13. The number of rotatable bonds is 1. The van der Waals surface area contributed by atoms with Gasteiger partial charge in [-0.1, -0.05) is 23.2 Å². The van der Waals surface area contributed by atoms with Gasteiger partial charge in [-0.2, -0.15) is 0 Å². The van der Waals surface area contributed by atoms with E-state index in [0.717, 1.165) is 17.0 Å². The van der Waals surface area contributed by atoms with Gasteiger partial charge < -0.3 is 0 Å². The summed E-state index contributed by atoms with van der Waals surface area (Å²) in [6, 6.07) is 3.81. The Bertz CT molecular complexity index is 544. The first-order chi connectivity index (χ1) is 7.97. The summed E-state index contributed by atoms with van der Waals surface area (Å²) in [5.41, 5.74) is 2.69. The minimum Gasteiger partial charge on any atom is -0.258 e. The summed E-state index contributed by atoms with van der Waals surface area (Å²) in [4.78, 5) is 12.7. The Hall–Kier alpha value is -0.460. The van der Waals surface area contributed by atoms with Gasteiger partial charge in [-0.25, -0.2) is 9.97 Å². The van der Waals surface area contributed by atoms with Crippen LogP contribution in [0.3, 0.4) is 0 Å². The number of nitrogens with zero attached hydrogens (tertiary/aromatic N) is 3. The van der Waals surface area contributed by atoms with Gasteiger partial charge in [-0.3, -0.25) is 4.98 Å². The third-order valence-corrected chi connectivity index (χ3v) is 4.32. The molecule has 0 aliphatic heterocycles. The first kappa shape index (κ1) is 13.0. The van der Waals surface area contributed by atoms with Gasteiger partial charge in [0, 0.05) is 17.0 Å². The molecule has 0 aromatic carbocycles. The lowest BCUT2D eigenvalue weighted by Gasteiger charge is -2.05. The van der Waals surface area contributed by atoms with Crippen LogP contribution in [0.4, 0.5) is 0 Å². The highest BCUT2D eigenvalue weighted by atomic mass is 127. The van der Waals surface area contributed by atoms with Crippen molar-refractivity contribution in [2.45, 2.75) is 13.8 Å². The highest BCUT2D eigenvalue weighted by Crippen LogP contribution is 2.27. The van der Waals surface area contributed by atoms with E-state index in [1.54, 1.807) is 0 Å². The van der Waals surface area contributed by atoms with E-state index in [4.69, 9.17) is 23.2 Å². The van der Waals surface area contributed by atoms with E-state index in [-0.39, 0.29) is 0 Å². The van der Waals surface area contributed by atoms with Crippen molar-refractivity contribution in [3.05, 3.63) is 37.4 Å². The highest BCUT2D eigenvalue weighted by molar-refractivity contribution is 14.1. The van der Waals surface area contributed by atoms with Crippen LogP contribution in [0, 0.1) is 17.4 Å². The van der Waals surface area contributed by atoms with E-state index in [1.165, 1.54) is 0 Å². The van der Waals surface area contributed by atoms with Crippen LogP contribution in [0.1, 0.15) is 11.4 Å². The zero-order chi connectivity index (χ0) is 12.6. The maximum Gasteiger partial charge on any atom is 0.162 e. The smallest absolute Gasteiger partial charge is 0.162 e. The molecule has 2 aromatic rings. The van der Waals surface area contributed by atoms with E-state index in [2.05, 4.69) is 15.0 Å². The molecule has 0 amide bonds. The average Bonchev–Trinajstić information content (AvgIpc) is 2.23. The average molecular weight is 380 g/mol. The summed E-state index contributed by atoms with van der Waals surface area (Å²) in [6.07, 6.45) is 0. The third-order valence-electron chi connectivity index (χ3n) is 2.11. The van der Waals surface area contributed by atoms with Gasteiger partial charge in [0.05, 0.1) is 3.57 Å². The molecule has 0 N–H and O–H groups in total. The molecule has 0 spiro atoms. The Morgan fingerprint density at radius 3 is 1.88 bits per heavy atom. The summed E-state index contributed by atoms with van der Waals surface area (Å²) in [6.45, 7) is 3.85. The molecule has 0 fully saturated rings. The van der Waals surface area contributed by atoms with Gasteiger partial charge in [0.2, 0.25) is 0 Å². The quantitative estimate of drug-likeness (QED) is 0.553. The molecular weight excluding hydrogens is 372 g/mol. The van der Waals surface area contributed by atoms with Gasteiger partial charge in [0.1, 0.15) is 10.3 Å². The van der Waals surface area contributed by atoms with Gasteiger partial charge in [-0.05, 0) is 48.6 Å². The van der Waals surface area contributed by atoms with Crippen LogP contribution in [-0.2, 0) is 0 Å². The molecule has 2 aromatic heterocycles.